The zero-order valence-electron chi connectivity index (χ0n) is 10.4. The van der Waals surface area contributed by atoms with E-state index in [1.807, 2.05) is 7.05 Å². The minimum atomic E-state index is 0.854. The lowest BCUT2D eigenvalue weighted by Gasteiger charge is -1.99. The fraction of sp³-hybridized carbons (Fsp3) is 0.308. The first kappa shape index (κ1) is 10.4. The van der Waals surface area contributed by atoms with Gasteiger partial charge in [0.1, 0.15) is 0 Å². The predicted molar refractivity (Wildman–Crippen MR) is 69.2 cm³/mol. The lowest BCUT2D eigenvalue weighted by Crippen LogP contribution is -2.08. The molecule has 0 radical (unpaired) electrons. The van der Waals surface area contributed by atoms with Crippen LogP contribution in [-0.4, -0.2) is 21.0 Å². The second kappa shape index (κ2) is 3.60. The van der Waals surface area contributed by atoms with Crippen molar-refractivity contribution in [3.8, 4) is 0 Å². The number of rotatable bonds is 2. The monoisotopic (exact) mass is 228 g/mol. The Hall–Kier alpha value is -1.81. The van der Waals surface area contributed by atoms with Crippen LogP contribution in [-0.2, 0) is 13.6 Å². The molecule has 0 atom stereocenters. The van der Waals surface area contributed by atoms with Gasteiger partial charge in [-0.3, -0.25) is 4.40 Å². The van der Waals surface area contributed by atoms with Crippen molar-refractivity contribution in [1.29, 1.82) is 0 Å². The molecule has 3 aromatic rings. The minimum Gasteiger partial charge on any atom is -0.316 e. The molecule has 0 aliphatic heterocycles. The third kappa shape index (κ3) is 1.45. The largest absolute Gasteiger partial charge is 0.316 e. The molecule has 0 spiro atoms. The molecule has 0 aliphatic carbocycles. The smallest absolute Gasteiger partial charge is 0.214 e. The molecule has 1 aromatic carbocycles. The standard InChI is InChI=1S/C13H16N4/c1-9-4-5-11-12(6-9)17-8-10(7-14-2)16(3)13(17)15-11/h4-6,8,14H,7H2,1-3H3. The molecule has 17 heavy (non-hydrogen) atoms. The first-order valence-electron chi connectivity index (χ1n) is 5.78. The van der Waals surface area contributed by atoms with E-state index in [1.165, 1.54) is 16.8 Å². The Morgan fingerprint density at radius 2 is 2.18 bits per heavy atom. The molecule has 0 bridgehead atoms. The quantitative estimate of drug-likeness (QED) is 0.726. The van der Waals surface area contributed by atoms with Crippen LogP contribution >= 0.6 is 0 Å². The summed E-state index contributed by atoms with van der Waals surface area (Å²) < 4.78 is 4.29. The van der Waals surface area contributed by atoms with Gasteiger partial charge in [-0.1, -0.05) is 6.07 Å². The zero-order valence-corrected chi connectivity index (χ0v) is 10.4. The van der Waals surface area contributed by atoms with Crippen LogP contribution in [0.25, 0.3) is 16.8 Å². The molecular weight excluding hydrogens is 212 g/mol. The van der Waals surface area contributed by atoms with Gasteiger partial charge in [-0.25, -0.2) is 4.98 Å². The highest BCUT2D eigenvalue weighted by Crippen LogP contribution is 2.19. The Morgan fingerprint density at radius 3 is 2.94 bits per heavy atom. The summed E-state index contributed by atoms with van der Waals surface area (Å²) in [5.41, 5.74) is 4.73. The number of nitrogens with one attached hydrogen (secondary N) is 1. The van der Waals surface area contributed by atoms with Gasteiger partial charge in [-0.15, -0.1) is 0 Å². The number of aromatic nitrogens is 3. The van der Waals surface area contributed by atoms with Crippen LogP contribution in [0.5, 0.6) is 0 Å². The van der Waals surface area contributed by atoms with Gasteiger partial charge in [-0.05, 0) is 31.7 Å². The van der Waals surface area contributed by atoms with Crippen molar-refractivity contribution in [3.63, 3.8) is 0 Å². The summed E-state index contributed by atoms with van der Waals surface area (Å²) in [5.74, 6) is 0.996. The Bertz CT molecular complexity index is 690. The molecule has 2 aromatic heterocycles. The molecule has 0 aliphatic rings. The van der Waals surface area contributed by atoms with Gasteiger partial charge in [0.05, 0.1) is 16.7 Å². The van der Waals surface area contributed by atoms with Gasteiger partial charge in [0.25, 0.3) is 0 Å². The number of hydrogen-bond donors (Lipinski definition) is 1. The van der Waals surface area contributed by atoms with Crippen LogP contribution in [0.15, 0.2) is 24.4 Å². The van der Waals surface area contributed by atoms with Gasteiger partial charge in [0, 0.05) is 19.8 Å². The SMILES string of the molecule is CNCc1cn2c3cc(C)ccc3nc2n1C. The topological polar surface area (TPSA) is 34.3 Å². The Labute approximate surface area is 99.9 Å². The summed E-state index contributed by atoms with van der Waals surface area (Å²) in [6.07, 6.45) is 2.15. The van der Waals surface area contributed by atoms with Gasteiger partial charge in [0.15, 0.2) is 0 Å². The molecule has 3 rings (SSSR count). The number of hydrogen-bond acceptors (Lipinski definition) is 2. The number of aryl methyl sites for hydroxylation is 2. The van der Waals surface area contributed by atoms with Crippen LogP contribution < -0.4 is 5.32 Å². The Balaban J connectivity index is 2.34. The first-order valence-corrected chi connectivity index (χ1v) is 5.78. The van der Waals surface area contributed by atoms with Crippen molar-refractivity contribution in [1.82, 2.24) is 19.3 Å². The summed E-state index contributed by atoms with van der Waals surface area (Å²) in [6, 6.07) is 6.36. The van der Waals surface area contributed by atoms with Crippen molar-refractivity contribution in [2.45, 2.75) is 13.5 Å². The molecule has 4 nitrogen and oxygen atoms in total. The third-order valence-corrected chi connectivity index (χ3v) is 3.19. The van der Waals surface area contributed by atoms with Crippen molar-refractivity contribution < 1.29 is 0 Å². The van der Waals surface area contributed by atoms with Crippen molar-refractivity contribution in [2.75, 3.05) is 7.05 Å². The number of benzene rings is 1. The first-order chi connectivity index (χ1) is 8.20. The summed E-state index contributed by atoms with van der Waals surface area (Å²) >= 11 is 0. The lowest BCUT2D eigenvalue weighted by atomic mass is 10.2. The molecule has 0 fully saturated rings. The molecule has 0 unspecified atom stereocenters. The molecule has 0 amide bonds. The number of imidazole rings is 2. The van der Waals surface area contributed by atoms with Gasteiger partial charge in [-0.2, -0.15) is 0 Å². The maximum Gasteiger partial charge on any atom is 0.214 e. The maximum atomic E-state index is 4.66. The molecule has 0 saturated heterocycles. The third-order valence-electron chi connectivity index (χ3n) is 3.19. The van der Waals surface area contributed by atoms with E-state index in [-0.39, 0.29) is 0 Å². The van der Waals surface area contributed by atoms with Gasteiger partial charge >= 0.3 is 0 Å². The summed E-state index contributed by atoms with van der Waals surface area (Å²) in [7, 11) is 4.01. The summed E-state index contributed by atoms with van der Waals surface area (Å²) in [6.45, 7) is 2.96. The Morgan fingerprint density at radius 1 is 1.35 bits per heavy atom. The van der Waals surface area contributed by atoms with Crippen LogP contribution in [0, 0.1) is 6.92 Å². The molecular formula is C13H16N4. The number of nitrogens with zero attached hydrogens (tertiary/aromatic N) is 3. The van der Waals surface area contributed by atoms with Crippen molar-refractivity contribution >= 4 is 16.8 Å². The molecule has 2 heterocycles. The van der Waals surface area contributed by atoms with Gasteiger partial charge < -0.3 is 9.88 Å². The normalized spacial score (nSPS) is 11.7. The van der Waals surface area contributed by atoms with Crippen molar-refractivity contribution in [2.24, 2.45) is 7.05 Å². The van der Waals surface area contributed by atoms with E-state index in [0.29, 0.717) is 0 Å². The molecule has 88 valence electrons. The van der Waals surface area contributed by atoms with E-state index in [2.05, 4.69) is 57.6 Å². The van der Waals surface area contributed by atoms with E-state index in [0.717, 1.165) is 17.8 Å². The second-order valence-corrected chi connectivity index (χ2v) is 4.48. The Kier molecular flexibility index (Phi) is 2.19. The minimum absolute atomic E-state index is 0.854. The van der Waals surface area contributed by atoms with E-state index < -0.39 is 0 Å². The average Bonchev–Trinajstić information content (AvgIpc) is 2.79. The van der Waals surface area contributed by atoms with E-state index in [9.17, 15) is 0 Å². The second-order valence-electron chi connectivity index (χ2n) is 4.48. The maximum absolute atomic E-state index is 4.66. The highest BCUT2D eigenvalue weighted by molar-refractivity contribution is 5.80. The highest BCUT2D eigenvalue weighted by Gasteiger charge is 2.10. The van der Waals surface area contributed by atoms with Crippen LogP contribution in [0.4, 0.5) is 0 Å². The summed E-state index contributed by atoms with van der Waals surface area (Å²) in [5, 5.41) is 3.17. The van der Waals surface area contributed by atoms with Crippen LogP contribution in [0.1, 0.15) is 11.3 Å². The molecule has 0 saturated carbocycles. The van der Waals surface area contributed by atoms with E-state index >= 15 is 0 Å². The highest BCUT2D eigenvalue weighted by atomic mass is 15.2. The van der Waals surface area contributed by atoms with Gasteiger partial charge in [0.2, 0.25) is 5.78 Å². The fourth-order valence-corrected chi connectivity index (χ4v) is 2.26. The van der Waals surface area contributed by atoms with E-state index in [4.69, 9.17) is 0 Å². The van der Waals surface area contributed by atoms with Crippen LogP contribution in [0.3, 0.4) is 0 Å². The fourth-order valence-electron chi connectivity index (χ4n) is 2.26. The lowest BCUT2D eigenvalue weighted by molar-refractivity contribution is 0.742. The molecule has 1 N–H and O–H groups in total. The van der Waals surface area contributed by atoms with Crippen LogP contribution in [0.2, 0.25) is 0 Å². The number of fused-ring (bicyclic) bond motifs is 3. The molecule has 4 heteroatoms. The van der Waals surface area contributed by atoms with Crippen molar-refractivity contribution in [3.05, 3.63) is 35.7 Å². The van der Waals surface area contributed by atoms with E-state index in [1.54, 1.807) is 0 Å². The summed E-state index contributed by atoms with van der Waals surface area (Å²) in [4.78, 5) is 4.66. The zero-order chi connectivity index (χ0) is 12.0. The predicted octanol–water partition coefficient (Wildman–Crippen LogP) is 1.85. The average molecular weight is 228 g/mol.